The van der Waals surface area contributed by atoms with E-state index in [1.807, 2.05) is 13.8 Å². The monoisotopic (exact) mass is 166 g/mol. The molecular formula is C10H14O2. The fourth-order valence-electron chi connectivity index (χ4n) is 0.726. The number of hydrogen-bond donors (Lipinski definition) is 0. The Bertz CT molecular complexity index is 216. The van der Waals surface area contributed by atoms with Crippen molar-refractivity contribution in [3.63, 3.8) is 0 Å². The fraction of sp³-hybridized carbons (Fsp3) is 0.600. The van der Waals surface area contributed by atoms with Gasteiger partial charge in [0.05, 0.1) is 13.2 Å². The normalized spacial score (nSPS) is 21.0. The first-order valence-electron chi connectivity index (χ1n) is 4.03. The summed E-state index contributed by atoms with van der Waals surface area (Å²) < 4.78 is 10.5. The minimum absolute atomic E-state index is 0.301. The molecule has 0 aliphatic carbocycles. The van der Waals surface area contributed by atoms with Gasteiger partial charge in [0.2, 0.25) is 0 Å². The molecule has 0 amide bonds. The molecule has 66 valence electrons. The molecule has 0 spiro atoms. The number of hydrogen-bond acceptors (Lipinski definition) is 2. The van der Waals surface area contributed by atoms with Crippen molar-refractivity contribution in [3.8, 4) is 11.8 Å². The van der Waals surface area contributed by atoms with Crippen LogP contribution in [0.3, 0.4) is 0 Å². The second-order valence-electron chi connectivity index (χ2n) is 3.25. The molecule has 0 N–H and O–H groups in total. The molecule has 0 saturated carbocycles. The minimum atomic E-state index is -0.389. The summed E-state index contributed by atoms with van der Waals surface area (Å²) in [6, 6.07) is 0. The zero-order chi connectivity index (χ0) is 9.03. The maximum absolute atomic E-state index is 5.51. The van der Waals surface area contributed by atoms with Crippen LogP contribution in [0.1, 0.15) is 13.8 Å². The molecule has 2 heteroatoms. The summed E-state index contributed by atoms with van der Waals surface area (Å²) in [6.07, 6.45) is 1.87. The topological polar surface area (TPSA) is 21.8 Å². The van der Waals surface area contributed by atoms with Crippen molar-refractivity contribution in [2.24, 2.45) is 0 Å². The van der Waals surface area contributed by atoms with Crippen LogP contribution in [0.2, 0.25) is 0 Å². The van der Waals surface area contributed by atoms with Gasteiger partial charge in [0.1, 0.15) is 11.7 Å². The Labute approximate surface area is 73.6 Å². The smallest absolute Gasteiger partial charge is 0.123 e. The van der Waals surface area contributed by atoms with E-state index in [0.717, 1.165) is 6.61 Å². The lowest BCUT2D eigenvalue weighted by Crippen LogP contribution is -2.24. The van der Waals surface area contributed by atoms with E-state index < -0.39 is 0 Å². The van der Waals surface area contributed by atoms with E-state index in [-0.39, 0.29) is 5.60 Å². The quantitative estimate of drug-likeness (QED) is 0.466. The standard InChI is InChI=1S/C10H14O2/c1-4-5-6-10(2,3)12-8-9-7-11-9/h4,9H,1,7-8H2,2-3H3. The van der Waals surface area contributed by atoms with E-state index in [1.54, 1.807) is 6.08 Å². The summed E-state index contributed by atoms with van der Waals surface area (Å²) in [5.74, 6) is 5.73. The lowest BCUT2D eigenvalue weighted by atomic mass is 10.1. The molecule has 12 heavy (non-hydrogen) atoms. The molecule has 1 aliphatic heterocycles. The van der Waals surface area contributed by atoms with Crippen LogP contribution in [0.15, 0.2) is 12.7 Å². The highest BCUT2D eigenvalue weighted by Crippen LogP contribution is 2.14. The van der Waals surface area contributed by atoms with Gasteiger partial charge in [-0.3, -0.25) is 0 Å². The maximum atomic E-state index is 5.51. The molecule has 1 aliphatic rings. The Morgan fingerprint density at radius 2 is 2.42 bits per heavy atom. The molecule has 0 aromatic rings. The first kappa shape index (κ1) is 9.31. The largest absolute Gasteiger partial charge is 0.371 e. The van der Waals surface area contributed by atoms with Gasteiger partial charge in [-0.1, -0.05) is 18.4 Å². The van der Waals surface area contributed by atoms with E-state index in [0.29, 0.717) is 12.7 Å². The van der Waals surface area contributed by atoms with Gasteiger partial charge < -0.3 is 9.47 Å². The van der Waals surface area contributed by atoms with Gasteiger partial charge >= 0.3 is 0 Å². The molecule has 1 saturated heterocycles. The van der Waals surface area contributed by atoms with E-state index >= 15 is 0 Å². The molecule has 2 nitrogen and oxygen atoms in total. The second kappa shape index (κ2) is 3.75. The number of allylic oxidation sites excluding steroid dienone is 1. The van der Waals surface area contributed by atoms with Gasteiger partial charge in [-0.15, -0.1) is 0 Å². The minimum Gasteiger partial charge on any atom is -0.371 e. The predicted octanol–water partition coefficient (Wildman–Crippen LogP) is 1.37. The Kier molecular flexibility index (Phi) is 2.91. The van der Waals surface area contributed by atoms with Crippen LogP contribution >= 0.6 is 0 Å². The lowest BCUT2D eigenvalue weighted by Gasteiger charge is -2.17. The number of epoxide rings is 1. The molecule has 1 heterocycles. The van der Waals surface area contributed by atoms with E-state index in [9.17, 15) is 0 Å². The summed E-state index contributed by atoms with van der Waals surface area (Å²) in [4.78, 5) is 0. The summed E-state index contributed by atoms with van der Waals surface area (Å²) in [7, 11) is 0. The van der Waals surface area contributed by atoms with Gasteiger partial charge in [-0.2, -0.15) is 0 Å². The van der Waals surface area contributed by atoms with Gasteiger partial charge in [-0.05, 0) is 19.9 Å². The summed E-state index contributed by atoms with van der Waals surface area (Å²) in [5, 5.41) is 0. The molecular weight excluding hydrogens is 152 g/mol. The predicted molar refractivity (Wildman–Crippen MR) is 47.7 cm³/mol. The van der Waals surface area contributed by atoms with Crippen LogP contribution in [0.5, 0.6) is 0 Å². The van der Waals surface area contributed by atoms with Gasteiger partial charge in [0.25, 0.3) is 0 Å². The average Bonchev–Trinajstić information content (AvgIpc) is 2.81. The number of ether oxygens (including phenoxy) is 2. The van der Waals surface area contributed by atoms with Crippen molar-refractivity contribution >= 4 is 0 Å². The zero-order valence-electron chi connectivity index (χ0n) is 7.59. The second-order valence-corrected chi connectivity index (χ2v) is 3.25. The van der Waals surface area contributed by atoms with E-state index in [2.05, 4.69) is 18.4 Å². The molecule has 1 rings (SSSR count). The third-order valence-corrected chi connectivity index (χ3v) is 1.51. The van der Waals surface area contributed by atoms with Crippen LogP contribution in [0.4, 0.5) is 0 Å². The van der Waals surface area contributed by atoms with Gasteiger partial charge in [0.15, 0.2) is 0 Å². The Hall–Kier alpha value is -0.780. The fourth-order valence-corrected chi connectivity index (χ4v) is 0.726. The van der Waals surface area contributed by atoms with Gasteiger partial charge in [-0.25, -0.2) is 0 Å². The molecule has 0 aromatic heterocycles. The summed E-state index contributed by atoms with van der Waals surface area (Å²) >= 11 is 0. The lowest BCUT2D eigenvalue weighted by molar-refractivity contribution is 0.0178. The summed E-state index contributed by atoms with van der Waals surface area (Å²) in [6.45, 7) is 8.85. The van der Waals surface area contributed by atoms with E-state index in [4.69, 9.17) is 9.47 Å². The summed E-state index contributed by atoms with van der Waals surface area (Å²) in [5.41, 5.74) is -0.389. The average molecular weight is 166 g/mol. The number of rotatable bonds is 3. The highest BCUT2D eigenvalue weighted by molar-refractivity contribution is 5.19. The third-order valence-electron chi connectivity index (χ3n) is 1.51. The van der Waals surface area contributed by atoms with Crippen LogP contribution in [0.25, 0.3) is 0 Å². The first-order chi connectivity index (χ1) is 5.64. The van der Waals surface area contributed by atoms with Crippen LogP contribution in [-0.4, -0.2) is 24.9 Å². The molecule has 1 unspecified atom stereocenters. The third kappa shape index (κ3) is 3.56. The van der Waals surface area contributed by atoms with Gasteiger partial charge in [0, 0.05) is 0 Å². The maximum Gasteiger partial charge on any atom is 0.123 e. The van der Waals surface area contributed by atoms with E-state index in [1.165, 1.54) is 0 Å². The van der Waals surface area contributed by atoms with Crippen LogP contribution in [0, 0.1) is 11.8 Å². The highest BCUT2D eigenvalue weighted by atomic mass is 16.6. The molecule has 1 fully saturated rings. The first-order valence-corrected chi connectivity index (χ1v) is 4.03. The highest BCUT2D eigenvalue weighted by Gasteiger charge is 2.26. The van der Waals surface area contributed by atoms with Crippen molar-refractivity contribution in [1.82, 2.24) is 0 Å². The van der Waals surface area contributed by atoms with Crippen molar-refractivity contribution in [3.05, 3.63) is 12.7 Å². The SMILES string of the molecule is C=CC#CC(C)(C)OCC1CO1. The molecule has 0 radical (unpaired) electrons. The molecule has 1 atom stereocenters. The molecule has 0 bridgehead atoms. The Morgan fingerprint density at radius 1 is 1.75 bits per heavy atom. The molecule has 0 aromatic carbocycles. The van der Waals surface area contributed by atoms with Crippen molar-refractivity contribution in [2.75, 3.05) is 13.2 Å². The van der Waals surface area contributed by atoms with Crippen molar-refractivity contribution in [2.45, 2.75) is 25.6 Å². The van der Waals surface area contributed by atoms with Crippen LogP contribution in [-0.2, 0) is 9.47 Å². The van der Waals surface area contributed by atoms with Crippen molar-refractivity contribution < 1.29 is 9.47 Å². The Balaban J connectivity index is 2.29. The van der Waals surface area contributed by atoms with Crippen LogP contribution < -0.4 is 0 Å². The Morgan fingerprint density at radius 3 is 2.92 bits per heavy atom. The van der Waals surface area contributed by atoms with Crippen molar-refractivity contribution in [1.29, 1.82) is 0 Å². The zero-order valence-corrected chi connectivity index (χ0v) is 7.59.